The molecule has 2 aromatic rings. The van der Waals surface area contributed by atoms with Crippen molar-refractivity contribution in [2.45, 2.75) is 46.1 Å². The highest BCUT2D eigenvalue weighted by Gasteiger charge is 2.25. The number of ketones is 2. The summed E-state index contributed by atoms with van der Waals surface area (Å²) in [5.41, 5.74) is 5.73. The fourth-order valence-electron chi connectivity index (χ4n) is 3.71. The molecule has 0 saturated heterocycles. The van der Waals surface area contributed by atoms with Gasteiger partial charge in [-0.15, -0.1) is 6.58 Å². The second-order valence-corrected chi connectivity index (χ2v) is 7.83. The highest BCUT2D eigenvalue weighted by atomic mass is 16.3. The van der Waals surface area contributed by atoms with E-state index in [2.05, 4.69) is 23.5 Å². The predicted molar refractivity (Wildman–Crippen MR) is 124 cm³/mol. The third kappa shape index (κ3) is 4.94. The van der Waals surface area contributed by atoms with Crippen LogP contribution >= 0.6 is 0 Å². The summed E-state index contributed by atoms with van der Waals surface area (Å²) in [5, 5.41) is 10.4. The van der Waals surface area contributed by atoms with Gasteiger partial charge in [0.2, 0.25) is 0 Å². The van der Waals surface area contributed by atoms with Crippen LogP contribution in [0.5, 0.6) is 0 Å². The van der Waals surface area contributed by atoms with Crippen molar-refractivity contribution in [2.24, 2.45) is 5.92 Å². The number of rotatable bonds is 10. The zero-order chi connectivity index (χ0) is 22.5. The van der Waals surface area contributed by atoms with E-state index < -0.39 is 12.0 Å². The smallest absolute Gasteiger partial charge is 0.191 e. The second kappa shape index (κ2) is 9.75. The van der Waals surface area contributed by atoms with Gasteiger partial charge in [0.25, 0.3) is 0 Å². The summed E-state index contributed by atoms with van der Waals surface area (Å²) in [7, 11) is 0. The summed E-state index contributed by atoms with van der Waals surface area (Å²) in [4.78, 5) is 32.1. The third-order valence-electron chi connectivity index (χ3n) is 5.75. The van der Waals surface area contributed by atoms with Crippen molar-refractivity contribution in [1.82, 2.24) is 9.97 Å². The van der Waals surface area contributed by atoms with Gasteiger partial charge in [0.1, 0.15) is 5.78 Å². The number of aliphatic hydroxyl groups is 1. The van der Waals surface area contributed by atoms with Crippen molar-refractivity contribution in [1.29, 1.82) is 0 Å². The van der Waals surface area contributed by atoms with Gasteiger partial charge in [-0.2, -0.15) is 0 Å². The molecule has 3 N–H and O–H groups in total. The van der Waals surface area contributed by atoms with Crippen molar-refractivity contribution >= 4 is 17.1 Å². The Morgan fingerprint density at radius 3 is 2.35 bits per heavy atom. The van der Waals surface area contributed by atoms with E-state index in [1.165, 1.54) is 6.08 Å². The van der Waals surface area contributed by atoms with Crippen molar-refractivity contribution in [3.63, 3.8) is 0 Å². The van der Waals surface area contributed by atoms with Crippen molar-refractivity contribution < 1.29 is 14.7 Å². The molecule has 2 unspecified atom stereocenters. The summed E-state index contributed by atoms with van der Waals surface area (Å²) >= 11 is 0. The SMILES string of the molecule is C=CC(O)C(/C=C/C1=C(C)C(=O)C(c2ccc(CC)[nH]2)=C1)C(=O)Cc1ccc(CC)[nH]1. The fraction of sp³-hybridized carbons (Fsp3) is 0.308. The van der Waals surface area contributed by atoms with Crippen LogP contribution in [0, 0.1) is 5.92 Å². The Kier molecular flexibility index (Phi) is 7.08. The minimum atomic E-state index is -0.999. The number of aryl methyl sites for hydroxylation is 2. The second-order valence-electron chi connectivity index (χ2n) is 7.83. The van der Waals surface area contributed by atoms with Crippen LogP contribution in [0.3, 0.4) is 0 Å². The lowest BCUT2D eigenvalue weighted by atomic mass is 9.93. The Hall–Kier alpha value is -3.18. The van der Waals surface area contributed by atoms with Crippen LogP contribution in [0.4, 0.5) is 0 Å². The maximum atomic E-state index is 12.9. The Morgan fingerprint density at radius 2 is 1.74 bits per heavy atom. The van der Waals surface area contributed by atoms with E-state index in [4.69, 9.17) is 0 Å². The van der Waals surface area contributed by atoms with Gasteiger partial charge in [-0.25, -0.2) is 0 Å². The molecule has 0 spiro atoms. The van der Waals surface area contributed by atoms with Crippen LogP contribution < -0.4 is 0 Å². The Labute approximate surface area is 183 Å². The van der Waals surface area contributed by atoms with Crippen LogP contribution in [0.1, 0.15) is 43.5 Å². The summed E-state index contributed by atoms with van der Waals surface area (Å²) in [5.74, 6) is -0.887. The molecule has 162 valence electrons. The van der Waals surface area contributed by atoms with Gasteiger partial charge >= 0.3 is 0 Å². The van der Waals surface area contributed by atoms with E-state index in [1.807, 2.05) is 37.3 Å². The van der Waals surface area contributed by atoms with Crippen LogP contribution in [0.15, 0.2) is 66.3 Å². The first kappa shape index (κ1) is 22.5. The predicted octanol–water partition coefficient (Wildman–Crippen LogP) is 4.28. The summed E-state index contributed by atoms with van der Waals surface area (Å²) in [6.07, 6.45) is 7.56. The van der Waals surface area contributed by atoms with Gasteiger partial charge in [-0.3, -0.25) is 9.59 Å². The van der Waals surface area contributed by atoms with Crippen molar-refractivity contribution in [3.8, 4) is 0 Å². The summed E-state index contributed by atoms with van der Waals surface area (Å²) in [6.45, 7) is 9.51. The quantitative estimate of drug-likeness (QED) is 0.503. The number of hydrogen-bond acceptors (Lipinski definition) is 3. The van der Waals surface area contributed by atoms with Gasteiger partial charge in [0.05, 0.1) is 12.0 Å². The molecule has 5 nitrogen and oxygen atoms in total. The molecule has 5 heteroatoms. The lowest BCUT2D eigenvalue weighted by Crippen LogP contribution is -2.26. The molecule has 0 fully saturated rings. The van der Waals surface area contributed by atoms with E-state index in [-0.39, 0.29) is 18.0 Å². The minimum Gasteiger partial charge on any atom is -0.388 e. The molecule has 3 rings (SSSR count). The Balaban J connectivity index is 1.81. The number of H-pyrrole nitrogens is 2. The molecule has 0 bridgehead atoms. The summed E-state index contributed by atoms with van der Waals surface area (Å²) < 4.78 is 0. The van der Waals surface area contributed by atoms with Crippen molar-refractivity contribution in [2.75, 3.05) is 0 Å². The first-order valence-corrected chi connectivity index (χ1v) is 10.7. The van der Waals surface area contributed by atoms with Crippen LogP contribution in [-0.2, 0) is 28.9 Å². The third-order valence-corrected chi connectivity index (χ3v) is 5.75. The zero-order valence-corrected chi connectivity index (χ0v) is 18.4. The lowest BCUT2D eigenvalue weighted by molar-refractivity contribution is -0.123. The molecule has 31 heavy (non-hydrogen) atoms. The van der Waals surface area contributed by atoms with Crippen LogP contribution in [0.25, 0.3) is 5.57 Å². The molecule has 0 saturated carbocycles. The lowest BCUT2D eigenvalue weighted by Gasteiger charge is -2.15. The first-order valence-electron chi connectivity index (χ1n) is 10.7. The van der Waals surface area contributed by atoms with Gasteiger partial charge in [0, 0.05) is 40.3 Å². The number of hydrogen-bond donors (Lipinski definition) is 3. The normalized spacial score (nSPS) is 16.1. The number of carbonyl (C=O) groups excluding carboxylic acids is 2. The maximum absolute atomic E-state index is 12.9. The number of aromatic amines is 2. The number of aliphatic hydroxyl groups excluding tert-OH is 1. The number of nitrogens with one attached hydrogen (secondary N) is 2. The number of Topliss-reactive ketones (excluding diaryl/α,β-unsaturated/α-hetero) is 2. The molecule has 2 heterocycles. The first-order chi connectivity index (χ1) is 14.9. The molecule has 2 atom stereocenters. The van der Waals surface area contributed by atoms with E-state index in [9.17, 15) is 14.7 Å². The molecular weight excluding hydrogens is 388 g/mol. The highest BCUT2D eigenvalue weighted by molar-refractivity contribution is 6.31. The largest absolute Gasteiger partial charge is 0.388 e. The van der Waals surface area contributed by atoms with Gasteiger partial charge < -0.3 is 15.1 Å². The number of carbonyl (C=O) groups is 2. The summed E-state index contributed by atoms with van der Waals surface area (Å²) in [6, 6.07) is 7.76. The minimum absolute atomic E-state index is 0.0326. The van der Waals surface area contributed by atoms with Crippen molar-refractivity contribution in [3.05, 3.63) is 89.1 Å². The van der Waals surface area contributed by atoms with Gasteiger partial charge in [-0.1, -0.05) is 32.1 Å². The standard InChI is InChI=1S/C26H30N2O3/c1-5-18-9-10-20(27-18)15-25(30)21(24(29)7-3)12-8-17-14-22(26(31)16(17)4)23-13-11-19(6-2)28-23/h7-14,21,24,27-29H,3,5-6,15H2,1-2,4H3/b12-8+. The van der Waals surface area contributed by atoms with Crippen LogP contribution in [-0.4, -0.2) is 32.7 Å². The maximum Gasteiger partial charge on any atom is 0.191 e. The molecular formula is C26H30N2O3. The number of allylic oxidation sites excluding steroid dienone is 5. The van der Waals surface area contributed by atoms with Gasteiger partial charge in [-0.05, 0) is 55.7 Å². The highest BCUT2D eigenvalue weighted by Crippen LogP contribution is 2.30. The Morgan fingerprint density at radius 1 is 1.10 bits per heavy atom. The van der Waals surface area contributed by atoms with E-state index >= 15 is 0 Å². The fourth-order valence-corrected chi connectivity index (χ4v) is 3.71. The molecule has 0 radical (unpaired) electrons. The molecule has 0 aliphatic heterocycles. The van der Waals surface area contributed by atoms with E-state index in [0.717, 1.165) is 41.2 Å². The number of aromatic nitrogens is 2. The topological polar surface area (TPSA) is 85.9 Å². The molecule has 0 amide bonds. The molecule has 2 aromatic heterocycles. The Bertz CT molecular complexity index is 1080. The molecule has 1 aliphatic carbocycles. The van der Waals surface area contributed by atoms with E-state index in [0.29, 0.717) is 11.1 Å². The average molecular weight is 419 g/mol. The average Bonchev–Trinajstić information content (AvgIpc) is 3.49. The van der Waals surface area contributed by atoms with Gasteiger partial charge in [0.15, 0.2) is 5.78 Å². The zero-order valence-electron chi connectivity index (χ0n) is 18.4. The van der Waals surface area contributed by atoms with Crippen LogP contribution in [0.2, 0.25) is 0 Å². The molecule has 1 aliphatic rings. The monoisotopic (exact) mass is 418 g/mol. The van der Waals surface area contributed by atoms with E-state index in [1.54, 1.807) is 19.1 Å². The molecule has 0 aromatic carbocycles.